The van der Waals surface area contributed by atoms with E-state index in [9.17, 15) is 13.2 Å². The lowest BCUT2D eigenvalue weighted by molar-refractivity contribution is 0.0953. The van der Waals surface area contributed by atoms with Crippen LogP contribution < -0.4 is 10.0 Å². The normalized spacial score (nSPS) is 11.1. The molecule has 3 rings (SSSR count). The van der Waals surface area contributed by atoms with Gasteiger partial charge in [-0.05, 0) is 60.9 Å². The quantitative estimate of drug-likeness (QED) is 0.518. The van der Waals surface area contributed by atoms with Crippen molar-refractivity contribution in [2.24, 2.45) is 0 Å². The SMILES string of the molecule is O=C(NCCCc1ccc(Cl)cc1)c1cccc(S(=O)(=O)Nc2ccccc2)c1. The van der Waals surface area contributed by atoms with Crippen LogP contribution in [0, 0.1) is 0 Å². The lowest BCUT2D eigenvalue weighted by atomic mass is 10.1. The van der Waals surface area contributed by atoms with Crippen LogP contribution >= 0.6 is 11.6 Å². The third-order valence-corrected chi connectivity index (χ3v) is 5.90. The van der Waals surface area contributed by atoms with Gasteiger partial charge in [0.1, 0.15) is 0 Å². The van der Waals surface area contributed by atoms with E-state index in [1.807, 2.05) is 24.3 Å². The average Bonchev–Trinajstić information content (AvgIpc) is 2.73. The summed E-state index contributed by atoms with van der Waals surface area (Å²) in [6.45, 7) is 0.487. The fraction of sp³-hybridized carbons (Fsp3) is 0.136. The van der Waals surface area contributed by atoms with Gasteiger partial charge in [0.2, 0.25) is 0 Å². The molecule has 0 spiro atoms. The molecular weight excluding hydrogens is 408 g/mol. The third kappa shape index (κ3) is 6.07. The number of halogens is 1. The van der Waals surface area contributed by atoms with Gasteiger partial charge in [0, 0.05) is 22.8 Å². The molecule has 7 heteroatoms. The second-order valence-electron chi connectivity index (χ2n) is 6.49. The third-order valence-electron chi connectivity index (χ3n) is 4.27. The molecule has 0 saturated carbocycles. The van der Waals surface area contributed by atoms with Gasteiger partial charge in [-0.25, -0.2) is 8.42 Å². The summed E-state index contributed by atoms with van der Waals surface area (Å²) in [6, 6.07) is 22.2. The van der Waals surface area contributed by atoms with E-state index in [0.717, 1.165) is 18.4 Å². The first-order valence-corrected chi connectivity index (χ1v) is 11.0. The Kier molecular flexibility index (Phi) is 6.90. The van der Waals surface area contributed by atoms with E-state index in [0.29, 0.717) is 22.8 Å². The summed E-state index contributed by atoms with van der Waals surface area (Å²) in [5.41, 5.74) is 1.90. The van der Waals surface area contributed by atoms with Crippen molar-refractivity contribution in [1.82, 2.24) is 5.32 Å². The van der Waals surface area contributed by atoms with Gasteiger partial charge in [-0.3, -0.25) is 9.52 Å². The number of carbonyl (C=O) groups is 1. The molecule has 0 aliphatic rings. The van der Waals surface area contributed by atoms with Crippen molar-refractivity contribution in [3.8, 4) is 0 Å². The Labute approximate surface area is 175 Å². The number of hydrogen-bond donors (Lipinski definition) is 2. The van der Waals surface area contributed by atoms with Gasteiger partial charge in [-0.15, -0.1) is 0 Å². The number of sulfonamides is 1. The van der Waals surface area contributed by atoms with E-state index in [2.05, 4.69) is 10.0 Å². The van der Waals surface area contributed by atoms with Crippen molar-refractivity contribution in [2.75, 3.05) is 11.3 Å². The Morgan fingerprint density at radius 3 is 2.34 bits per heavy atom. The smallest absolute Gasteiger partial charge is 0.261 e. The number of benzene rings is 3. The van der Waals surface area contributed by atoms with Crippen molar-refractivity contribution in [1.29, 1.82) is 0 Å². The van der Waals surface area contributed by atoms with Gasteiger partial charge in [0.05, 0.1) is 4.90 Å². The molecule has 1 amide bonds. The van der Waals surface area contributed by atoms with E-state index >= 15 is 0 Å². The molecule has 2 N–H and O–H groups in total. The zero-order valence-corrected chi connectivity index (χ0v) is 17.2. The molecule has 0 fully saturated rings. The number of nitrogens with one attached hydrogen (secondary N) is 2. The molecule has 0 heterocycles. The maximum Gasteiger partial charge on any atom is 0.261 e. The topological polar surface area (TPSA) is 75.3 Å². The van der Waals surface area contributed by atoms with E-state index in [4.69, 9.17) is 11.6 Å². The van der Waals surface area contributed by atoms with Gasteiger partial charge in [-0.2, -0.15) is 0 Å². The van der Waals surface area contributed by atoms with Crippen molar-refractivity contribution in [2.45, 2.75) is 17.7 Å². The van der Waals surface area contributed by atoms with Crippen LogP contribution in [0.25, 0.3) is 0 Å². The van der Waals surface area contributed by atoms with Crippen LogP contribution in [0.3, 0.4) is 0 Å². The molecule has 0 aromatic heterocycles. The number of aryl methyl sites for hydroxylation is 1. The zero-order chi connectivity index (χ0) is 20.7. The first-order chi connectivity index (χ1) is 13.9. The van der Waals surface area contributed by atoms with E-state index in [1.54, 1.807) is 42.5 Å². The minimum Gasteiger partial charge on any atom is -0.352 e. The van der Waals surface area contributed by atoms with E-state index < -0.39 is 10.0 Å². The first kappa shape index (κ1) is 20.9. The molecule has 0 radical (unpaired) electrons. The fourth-order valence-electron chi connectivity index (χ4n) is 2.77. The lowest BCUT2D eigenvalue weighted by Crippen LogP contribution is -2.25. The highest BCUT2D eigenvalue weighted by Gasteiger charge is 2.16. The molecule has 3 aromatic rings. The molecule has 0 aliphatic carbocycles. The Bertz CT molecular complexity index is 1070. The summed E-state index contributed by atoms with van der Waals surface area (Å²) in [5, 5.41) is 3.52. The Balaban J connectivity index is 1.58. The largest absolute Gasteiger partial charge is 0.352 e. The maximum absolute atomic E-state index is 12.6. The van der Waals surface area contributed by atoms with Crippen molar-refractivity contribution in [3.63, 3.8) is 0 Å². The summed E-state index contributed by atoms with van der Waals surface area (Å²) in [6.07, 6.45) is 1.58. The first-order valence-electron chi connectivity index (χ1n) is 9.15. The number of carbonyl (C=O) groups excluding carboxylic acids is 1. The molecule has 3 aromatic carbocycles. The van der Waals surface area contributed by atoms with Crippen LogP contribution in [0.15, 0.2) is 83.8 Å². The monoisotopic (exact) mass is 428 g/mol. The van der Waals surface area contributed by atoms with Crippen LogP contribution in [-0.4, -0.2) is 20.9 Å². The van der Waals surface area contributed by atoms with Gasteiger partial charge in [0.15, 0.2) is 0 Å². The van der Waals surface area contributed by atoms with Gasteiger partial charge in [-0.1, -0.05) is 48.0 Å². The second-order valence-corrected chi connectivity index (χ2v) is 8.60. The molecule has 29 heavy (non-hydrogen) atoms. The minimum atomic E-state index is -3.77. The highest BCUT2D eigenvalue weighted by atomic mass is 35.5. The molecule has 5 nitrogen and oxygen atoms in total. The van der Waals surface area contributed by atoms with Crippen LogP contribution in [0.5, 0.6) is 0 Å². The molecule has 0 saturated heterocycles. The molecule has 0 atom stereocenters. The van der Waals surface area contributed by atoms with Crippen LogP contribution in [0.4, 0.5) is 5.69 Å². The zero-order valence-electron chi connectivity index (χ0n) is 15.6. The van der Waals surface area contributed by atoms with Crippen LogP contribution in [-0.2, 0) is 16.4 Å². The molecule has 0 unspecified atom stereocenters. The highest BCUT2D eigenvalue weighted by molar-refractivity contribution is 7.92. The summed E-state index contributed by atoms with van der Waals surface area (Å²) in [7, 11) is -3.77. The minimum absolute atomic E-state index is 0.0372. The Morgan fingerprint density at radius 1 is 0.897 bits per heavy atom. The summed E-state index contributed by atoms with van der Waals surface area (Å²) in [4.78, 5) is 12.4. The number of para-hydroxylation sites is 1. The van der Waals surface area contributed by atoms with Crippen molar-refractivity contribution >= 4 is 33.2 Å². The van der Waals surface area contributed by atoms with Gasteiger partial charge in [0.25, 0.3) is 15.9 Å². The summed E-state index contributed by atoms with van der Waals surface area (Å²) >= 11 is 5.87. The average molecular weight is 429 g/mol. The number of anilines is 1. The van der Waals surface area contributed by atoms with Crippen LogP contribution in [0.2, 0.25) is 5.02 Å². The maximum atomic E-state index is 12.6. The number of rotatable bonds is 8. The Hall–Kier alpha value is -2.83. The lowest BCUT2D eigenvalue weighted by Gasteiger charge is -2.10. The molecule has 0 aliphatic heterocycles. The van der Waals surface area contributed by atoms with Gasteiger partial charge >= 0.3 is 0 Å². The predicted octanol–water partition coefficient (Wildman–Crippen LogP) is 4.50. The summed E-state index contributed by atoms with van der Waals surface area (Å²) in [5.74, 6) is -0.308. The van der Waals surface area contributed by atoms with Crippen molar-refractivity contribution in [3.05, 3.63) is 95.0 Å². The summed E-state index contributed by atoms with van der Waals surface area (Å²) < 4.78 is 27.6. The highest BCUT2D eigenvalue weighted by Crippen LogP contribution is 2.17. The number of amides is 1. The number of hydrogen-bond acceptors (Lipinski definition) is 3. The predicted molar refractivity (Wildman–Crippen MR) is 116 cm³/mol. The second kappa shape index (κ2) is 9.58. The van der Waals surface area contributed by atoms with Crippen molar-refractivity contribution < 1.29 is 13.2 Å². The molecule has 150 valence electrons. The van der Waals surface area contributed by atoms with Crippen LogP contribution in [0.1, 0.15) is 22.3 Å². The molecule has 0 bridgehead atoms. The van der Waals surface area contributed by atoms with E-state index in [1.165, 1.54) is 12.1 Å². The standard InChI is InChI=1S/C22H21ClN2O3S/c23-19-13-11-17(12-14-19)6-5-15-24-22(26)18-7-4-10-21(16-18)29(27,28)25-20-8-2-1-3-9-20/h1-4,7-14,16,25H,5-6,15H2,(H,24,26). The molecular formula is C22H21ClN2O3S. The fourth-order valence-corrected chi connectivity index (χ4v) is 4.00. The van der Waals surface area contributed by atoms with Gasteiger partial charge < -0.3 is 5.32 Å². The Morgan fingerprint density at radius 2 is 1.62 bits per heavy atom. The van der Waals surface area contributed by atoms with E-state index in [-0.39, 0.29) is 10.8 Å².